The van der Waals surface area contributed by atoms with Crippen LogP contribution in [-0.4, -0.2) is 135 Å². The topological polar surface area (TPSA) is 192 Å². The molecule has 294 valence electrons. The number of hydrogen-bond acceptors (Lipinski definition) is 7. The van der Waals surface area contributed by atoms with Crippen LogP contribution in [0.1, 0.15) is 81.2 Å². The highest BCUT2D eigenvalue weighted by Crippen LogP contribution is 2.41. The monoisotopic (exact) mass is 734 g/mol. The Morgan fingerprint density at radius 3 is 1.87 bits per heavy atom. The largest absolute Gasteiger partial charge is 0.465 e. The van der Waals surface area contributed by atoms with Crippen LogP contribution in [0.4, 0.5) is 19.2 Å². The summed E-state index contributed by atoms with van der Waals surface area (Å²) < 4.78 is 5.20. The SMILES string of the molecule is CC(NC(=O)OCc1ccccc1)C(=O)NCCCN1CCN(C(=O)O)CC(C(C)(C)C)N(C(=O)O)C(C(C)(C)C)C(C(C)(C)C)N(C(=O)O)CC1. The van der Waals surface area contributed by atoms with Crippen molar-refractivity contribution in [3.63, 3.8) is 0 Å². The molecule has 2 rings (SSSR count). The number of ether oxygens (including phenoxy) is 1. The molecule has 5 N–H and O–H groups in total. The zero-order valence-electron chi connectivity index (χ0n) is 32.6. The molecule has 5 amide bonds. The Labute approximate surface area is 308 Å². The van der Waals surface area contributed by atoms with Gasteiger partial charge in [-0.3, -0.25) is 14.6 Å². The lowest BCUT2D eigenvalue weighted by Gasteiger charge is -2.55. The molecule has 4 atom stereocenters. The fourth-order valence-corrected chi connectivity index (χ4v) is 6.73. The molecule has 15 nitrogen and oxygen atoms in total. The average Bonchev–Trinajstić information content (AvgIpc) is 3.00. The first-order chi connectivity index (χ1) is 23.9. The second-order valence-electron chi connectivity index (χ2n) is 16.8. The Morgan fingerprint density at radius 1 is 0.788 bits per heavy atom. The second-order valence-corrected chi connectivity index (χ2v) is 16.8. The number of benzene rings is 1. The van der Waals surface area contributed by atoms with Crippen molar-refractivity contribution in [1.82, 2.24) is 30.2 Å². The van der Waals surface area contributed by atoms with Crippen molar-refractivity contribution in [1.29, 1.82) is 0 Å². The number of carbonyl (C=O) groups excluding carboxylic acids is 2. The molecule has 1 aliphatic rings. The molecule has 0 saturated carbocycles. The molecule has 0 spiro atoms. The van der Waals surface area contributed by atoms with Crippen LogP contribution >= 0.6 is 0 Å². The molecule has 0 radical (unpaired) electrons. The molecule has 1 saturated heterocycles. The number of rotatable bonds is 8. The zero-order valence-corrected chi connectivity index (χ0v) is 32.6. The van der Waals surface area contributed by atoms with Gasteiger partial charge >= 0.3 is 24.4 Å². The van der Waals surface area contributed by atoms with Crippen LogP contribution < -0.4 is 10.6 Å². The van der Waals surface area contributed by atoms with Crippen LogP contribution in [0.25, 0.3) is 0 Å². The van der Waals surface area contributed by atoms with Gasteiger partial charge in [-0.05, 0) is 41.7 Å². The lowest BCUT2D eigenvalue weighted by molar-refractivity contribution is -0.122. The summed E-state index contributed by atoms with van der Waals surface area (Å²) in [5.74, 6) is -0.406. The minimum Gasteiger partial charge on any atom is -0.465 e. The number of carboxylic acid groups (broad SMARTS) is 3. The van der Waals surface area contributed by atoms with Crippen LogP contribution in [0.15, 0.2) is 30.3 Å². The van der Waals surface area contributed by atoms with E-state index in [9.17, 15) is 39.3 Å². The lowest BCUT2D eigenvalue weighted by atomic mass is 9.69. The smallest absolute Gasteiger partial charge is 0.408 e. The molecule has 1 heterocycles. The maximum Gasteiger partial charge on any atom is 0.408 e. The first kappa shape index (κ1) is 43.9. The van der Waals surface area contributed by atoms with Gasteiger partial charge in [-0.15, -0.1) is 0 Å². The maximum atomic E-state index is 13.3. The molecule has 0 aliphatic carbocycles. The molecule has 1 aliphatic heterocycles. The lowest BCUT2D eigenvalue weighted by Crippen LogP contribution is -2.69. The highest BCUT2D eigenvalue weighted by molar-refractivity contribution is 5.85. The average molecular weight is 735 g/mol. The van der Waals surface area contributed by atoms with E-state index < -0.39 is 70.7 Å². The normalized spacial score (nSPS) is 20.6. The third-order valence-corrected chi connectivity index (χ3v) is 9.41. The fraction of sp³-hybridized carbons (Fsp3) is 0.703. The molecule has 1 fully saturated rings. The molecule has 1 aromatic rings. The van der Waals surface area contributed by atoms with E-state index in [4.69, 9.17) is 4.74 Å². The van der Waals surface area contributed by atoms with Crippen LogP contribution in [-0.2, 0) is 16.1 Å². The van der Waals surface area contributed by atoms with Crippen molar-refractivity contribution in [3.05, 3.63) is 35.9 Å². The Bertz CT molecular complexity index is 1360. The van der Waals surface area contributed by atoms with Crippen molar-refractivity contribution in [2.45, 2.75) is 106 Å². The predicted molar refractivity (Wildman–Crippen MR) is 197 cm³/mol. The summed E-state index contributed by atoms with van der Waals surface area (Å²) >= 11 is 0. The molecular weight excluding hydrogens is 672 g/mol. The van der Waals surface area contributed by atoms with E-state index in [-0.39, 0.29) is 45.9 Å². The van der Waals surface area contributed by atoms with Gasteiger partial charge in [0, 0.05) is 39.3 Å². The standard InChI is InChI=1S/C37H62N6O9/c1-25(39-31(45)52-24-26-15-12-11-13-16-26)30(44)38-17-14-18-40-19-21-41(32(46)47)23-27(35(2,3)4)43(34(50)51)29(37(8,9)10)28(36(5,6)7)42(22-20-40)33(48)49/h11-13,15-16,25,27-29H,14,17-24H2,1-10H3,(H,38,44)(H,39,45)(H,46,47)(H,48,49)(H,50,51). The maximum absolute atomic E-state index is 13.3. The van der Waals surface area contributed by atoms with Gasteiger partial charge in [-0.2, -0.15) is 0 Å². The van der Waals surface area contributed by atoms with Gasteiger partial charge < -0.3 is 40.5 Å². The van der Waals surface area contributed by atoms with Gasteiger partial charge in [0.05, 0.1) is 18.1 Å². The summed E-state index contributed by atoms with van der Waals surface area (Å²) in [5, 5.41) is 37.1. The van der Waals surface area contributed by atoms with Crippen LogP contribution in [0.3, 0.4) is 0 Å². The number of alkyl carbamates (subject to hydrolysis) is 1. The highest BCUT2D eigenvalue weighted by atomic mass is 16.5. The second kappa shape index (κ2) is 18.5. The minimum atomic E-state index is -1.24. The number of amides is 5. The summed E-state index contributed by atoms with van der Waals surface area (Å²) in [5.41, 5.74) is -1.35. The Hall–Kier alpha value is -4.27. The number of carbonyl (C=O) groups is 5. The predicted octanol–water partition coefficient (Wildman–Crippen LogP) is 5.31. The van der Waals surface area contributed by atoms with Gasteiger partial charge in [-0.25, -0.2) is 19.2 Å². The minimum absolute atomic E-state index is 0.0446. The van der Waals surface area contributed by atoms with E-state index in [1.807, 2.05) is 97.5 Å². The molecular formula is C37H62N6O9. The van der Waals surface area contributed by atoms with Gasteiger partial charge in [0.15, 0.2) is 0 Å². The zero-order chi connectivity index (χ0) is 39.6. The Morgan fingerprint density at radius 2 is 1.37 bits per heavy atom. The Kier molecular flexibility index (Phi) is 15.6. The molecule has 1 aromatic carbocycles. The van der Waals surface area contributed by atoms with Crippen LogP contribution in [0.2, 0.25) is 0 Å². The molecule has 0 aromatic heterocycles. The van der Waals surface area contributed by atoms with Gasteiger partial charge in [0.2, 0.25) is 5.91 Å². The number of nitrogens with zero attached hydrogens (tertiary/aromatic N) is 4. The Balaban J connectivity index is 2.31. The van der Waals surface area contributed by atoms with E-state index in [1.165, 1.54) is 14.7 Å². The summed E-state index contributed by atoms with van der Waals surface area (Å²) in [6.07, 6.45) is -3.85. The summed E-state index contributed by atoms with van der Waals surface area (Å²) in [7, 11) is 0. The quantitative estimate of drug-likeness (QED) is 0.219. The third kappa shape index (κ3) is 13.1. The van der Waals surface area contributed by atoms with E-state index in [0.29, 0.717) is 13.0 Å². The van der Waals surface area contributed by atoms with Crippen LogP contribution in [0, 0.1) is 16.2 Å². The third-order valence-electron chi connectivity index (χ3n) is 9.41. The highest BCUT2D eigenvalue weighted by Gasteiger charge is 2.52. The van der Waals surface area contributed by atoms with E-state index in [2.05, 4.69) is 10.6 Å². The molecule has 15 heteroatoms. The van der Waals surface area contributed by atoms with Crippen molar-refractivity contribution in [3.8, 4) is 0 Å². The van der Waals surface area contributed by atoms with E-state index >= 15 is 0 Å². The molecule has 0 bridgehead atoms. The van der Waals surface area contributed by atoms with Crippen molar-refractivity contribution in [2.75, 3.05) is 45.8 Å². The number of nitrogens with one attached hydrogen (secondary N) is 2. The fourth-order valence-electron chi connectivity index (χ4n) is 6.73. The van der Waals surface area contributed by atoms with Crippen molar-refractivity contribution < 1.29 is 44.0 Å². The molecule has 52 heavy (non-hydrogen) atoms. The summed E-state index contributed by atoms with van der Waals surface area (Å²) in [6.45, 7) is 19.7. The summed E-state index contributed by atoms with van der Waals surface area (Å²) in [6, 6.07) is 5.86. The van der Waals surface area contributed by atoms with E-state index in [0.717, 1.165) is 5.56 Å². The van der Waals surface area contributed by atoms with Gasteiger partial charge in [0.1, 0.15) is 12.6 Å². The van der Waals surface area contributed by atoms with Gasteiger partial charge in [0.25, 0.3) is 0 Å². The van der Waals surface area contributed by atoms with Crippen LogP contribution in [0.5, 0.6) is 0 Å². The summed E-state index contributed by atoms with van der Waals surface area (Å²) in [4.78, 5) is 69.8. The number of hydrogen-bond donors (Lipinski definition) is 5. The first-order valence-corrected chi connectivity index (χ1v) is 17.9. The van der Waals surface area contributed by atoms with Gasteiger partial charge in [-0.1, -0.05) is 92.6 Å². The van der Waals surface area contributed by atoms with Crippen molar-refractivity contribution in [2.24, 2.45) is 16.2 Å². The van der Waals surface area contributed by atoms with Crippen molar-refractivity contribution >= 4 is 30.3 Å². The molecule has 4 unspecified atom stereocenters. The van der Waals surface area contributed by atoms with E-state index in [1.54, 1.807) is 6.92 Å². The first-order valence-electron chi connectivity index (χ1n) is 17.9.